The molecule has 2 N–H and O–H groups in total. The molecule has 0 heterocycles. The van der Waals surface area contributed by atoms with E-state index in [1.54, 1.807) is 19.1 Å². The van der Waals surface area contributed by atoms with Crippen LogP contribution in [0.15, 0.2) is 30.3 Å². The molecule has 80 valence electrons. The molecule has 3 heteroatoms. The molecular weight excluding hydrogens is 190 g/mol. The third-order valence-corrected chi connectivity index (χ3v) is 1.99. The van der Waals surface area contributed by atoms with Crippen LogP contribution in [0.2, 0.25) is 0 Å². The van der Waals surface area contributed by atoms with Gasteiger partial charge in [-0.25, -0.2) is 4.79 Å². The molecule has 0 aliphatic heterocycles. The summed E-state index contributed by atoms with van der Waals surface area (Å²) in [5, 5.41) is 0. The highest BCUT2D eigenvalue weighted by molar-refractivity contribution is 5.90. The van der Waals surface area contributed by atoms with E-state index < -0.39 is 0 Å². The van der Waals surface area contributed by atoms with Gasteiger partial charge in [0.1, 0.15) is 0 Å². The number of rotatable bonds is 3. The Labute approximate surface area is 89.5 Å². The second-order valence-corrected chi connectivity index (χ2v) is 3.20. The van der Waals surface area contributed by atoms with Crippen molar-refractivity contribution < 1.29 is 9.53 Å². The van der Waals surface area contributed by atoms with Crippen molar-refractivity contribution in [1.82, 2.24) is 0 Å². The standard InChI is InChI=1S/C12H15NO2/c1-3-15-12(14)8-9(2)10-4-6-11(13)7-5-10/h4-8H,3,13H2,1-2H3. The molecule has 0 atom stereocenters. The maximum Gasteiger partial charge on any atom is 0.331 e. The molecule has 0 aliphatic carbocycles. The topological polar surface area (TPSA) is 52.3 Å². The van der Waals surface area contributed by atoms with E-state index in [9.17, 15) is 4.79 Å². The monoisotopic (exact) mass is 205 g/mol. The molecule has 0 aromatic heterocycles. The molecule has 0 bridgehead atoms. The van der Waals surface area contributed by atoms with E-state index in [0.717, 1.165) is 11.1 Å². The summed E-state index contributed by atoms with van der Waals surface area (Å²) in [5.74, 6) is -0.313. The molecule has 0 fully saturated rings. The van der Waals surface area contributed by atoms with Crippen LogP contribution < -0.4 is 5.73 Å². The number of ether oxygens (including phenoxy) is 1. The van der Waals surface area contributed by atoms with Crippen LogP contribution >= 0.6 is 0 Å². The van der Waals surface area contributed by atoms with E-state index >= 15 is 0 Å². The highest BCUT2D eigenvalue weighted by Crippen LogP contribution is 2.15. The Hall–Kier alpha value is -1.77. The quantitative estimate of drug-likeness (QED) is 0.467. The van der Waals surface area contributed by atoms with Gasteiger partial charge in [0, 0.05) is 11.8 Å². The minimum atomic E-state index is -0.313. The van der Waals surface area contributed by atoms with Crippen LogP contribution in [-0.4, -0.2) is 12.6 Å². The third kappa shape index (κ3) is 3.46. The van der Waals surface area contributed by atoms with Crippen molar-refractivity contribution in [1.29, 1.82) is 0 Å². The molecule has 0 amide bonds. The first-order valence-corrected chi connectivity index (χ1v) is 4.84. The van der Waals surface area contributed by atoms with Crippen molar-refractivity contribution in [3.63, 3.8) is 0 Å². The van der Waals surface area contributed by atoms with Gasteiger partial charge >= 0.3 is 5.97 Å². The van der Waals surface area contributed by atoms with Gasteiger partial charge in [-0.2, -0.15) is 0 Å². The second kappa shape index (κ2) is 5.20. The first-order valence-electron chi connectivity index (χ1n) is 4.84. The van der Waals surface area contributed by atoms with E-state index in [2.05, 4.69) is 0 Å². The Morgan fingerprint density at radius 2 is 2.00 bits per heavy atom. The number of anilines is 1. The number of nitrogens with two attached hydrogens (primary N) is 1. The van der Waals surface area contributed by atoms with Crippen LogP contribution in [0.4, 0.5) is 5.69 Å². The predicted molar refractivity (Wildman–Crippen MR) is 61.1 cm³/mol. The van der Waals surface area contributed by atoms with E-state index in [-0.39, 0.29) is 5.97 Å². The first-order chi connectivity index (χ1) is 7.13. The van der Waals surface area contributed by atoms with Crippen molar-refractivity contribution in [3.05, 3.63) is 35.9 Å². The van der Waals surface area contributed by atoms with Crippen LogP contribution in [0.1, 0.15) is 19.4 Å². The number of benzene rings is 1. The Bertz CT molecular complexity index is 366. The fraction of sp³-hybridized carbons (Fsp3) is 0.250. The first kappa shape index (κ1) is 11.3. The molecule has 1 aromatic carbocycles. The van der Waals surface area contributed by atoms with Crippen LogP contribution in [-0.2, 0) is 9.53 Å². The number of carbonyl (C=O) groups is 1. The van der Waals surface area contributed by atoms with E-state index in [4.69, 9.17) is 10.5 Å². The van der Waals surface area contributed by atoms with E-state index in [0.29, 0.717) is 12.3 Å². The molecule has 1 aromatic rings. The fourth-order valence-electron chi connectivity index (χ4n) is 1.19. The zero-order chi connectivity index (χ0) is 11.3. The molecule has 0 saturated carbocycles. The highest BCUT2D eigenvalue weighted by Gasteiger charge is 2.00. The van der Waals surface area contributed by atoms with Crippen LogP contribution in [0, 0.1) is 0 Å². The second-order valence-electron chi connectivity index (χ2n) is 3.20. The minimum Gasteiger partial charge on any atom is -0.463 e. The Balaban J connectivity index is 2.79. The number of allylic oxidation sites excluding steroid dienone is 1. The van der Waals surface area contributed by atoms with Gasteiger partial charge in [0.25, 0.3) is 0 Å². The number of hydrogen-bond donors (Lipinski definition) is 1. The lowest BCUT2D eigenvalue weighted by Crippen LogP contribution is -2.00. The Kier molecular flexibility index (Phi) is 3.92. The van der Waals surface area contributed by atoms with Crippen molar-refractivity contribution in [2.75, 3.05) is 12.3 Å². The van der Waals surface area contributed by atoms with Crippen molar-refractivity contribution >= 4 is 17.2 Å². The average molecular weight is 205 g/mol. The number of hydrogen-bond acceptors (Lipinski definition) is 3. The van der Waals surface area contributed by atoms with Gasteiger partial charge in [-0.05, 0) is 37.1 Å². The van der Waals surface area contributed by atoms with Crippen molar-refractivity contribution in [3.8, 4) is 0 Å². The summed E-state index contributed by atoms with van der Waals surface area (Å²) < 4.78 is 4.82. The molecule has 3 nitrogen and oxygen atoms in total. The van der Waals surface area contributed by atoms with E-state index in [1.807, 2.05) is 19.1 Å². The molecule has 0 radical (unpaired) electrons. The smallest absolute Gasteiger partial charge is 0.331 e. The summed E-state index contributed by atoms with van der Waals surface area (Å²) in [6, 6.07) is 7.36. The lowest BCUT2D eigenvalue weighted by Gasteiger charge is -2.02. The number of nitrogen functional groups attached to an aromatic ring is 1. The number of esters is 1. The SMILES string of the molecule is CCOC(=O)C=C(C)c1ccc(N)cc1. The molecule has 0 spiro atoms. The minimum absolute atomic E-state index is 0.313. The lowest BCUT2D eigenvalue weighted by molar-refractivity contribution is -0.137. The van der Waals surface area contributed by atoms with Crippen molar-refractivity contribution in [2.24, 2.45) is 0 Å². The maximum atomic E-state index is 11.2. The van der Waals surface area contributed by atoms with Crippen LogP contribution in [0.3, 0.4) is 0 Å². The normalized spacial score (nSPS) is 11.2. The lowest BCUT2D eigenvalue weighted by atomic mass is 10.1. The highest BCUT2D eigenvalue weighted by atomic mass is 16.5. The summed E-state index contributed by atoms with van der Waals surface area (Å²) in [6.45, 7) is 4.04. The molecule has 0 aliphatic rings. The van der Waals surface area contributed by atoms with Gasteiger partial charge in [0.2, 0.25) is 0 Å². The maximum absolute atomic E-state index is 11.2. The van der Waals surface area contributed by atoms with Crippen molar-refractivity contribution in [2.45, 2.75) is 13.8 Å². The molecule has 15 heavy (non-hydrogen) atoms. The third-order valence-electron chi connectivity index (χ3n) is 1.99. The van der Waals surface area contributed by atoms with Gasteiger partial charge in [0.05, 0.1) is 6.61 Å². The van der Waals surface area contributed by atoms with Gasteiger partial charge < -0.3 is 10.5 Å². The molecule has 1 rings (SSSR count). The van der Waals surface area contributed by atoms with E-state index in [1.165, 1.54) is 6.08 Å². The molecule has 0 unspecified atom stereocenters. The van der Waals surface area contributed by atoms with Crippen LogP contribution in [0.5, 0.6) is 0 Å². The summed E-state index contributed by atoms with van der Waals surface area (Å²) in [5.41, 5.74) is 8.11. The Morgan fingerprint density at radius 1 is 1.40 bits per heavy atom. The summed E-state index contributed by atoms with van der Waals surface area (Å²) in [7, 11) is 0. The Morgan fingerprint density at radius 3 is 2.53 bits per heavy atom. The number of carbonyl (C=O) groups excluding carboxylic acids is 1. The van der Waals surface area contributed by atoms with Gasteiger partial charge in [0.15, 0.2) is 0 Å². The summed E-state index contributed by atoms with van der Waals surface area (Å²) in [4.78, 5) is 11.2. The zero-order valence-corrected chi connectivity index (χ0v) is 8.99. The molecule has 0 saturated heterocycles. The van der Waals surface area contributed by atoms with Crippen LogP contribution in [0.25, 0.3) is 5.57 Å². The predicted octanol–water partition coefficient (Wildman–Crippen LogP) is 2.24. The van der Waals surface area contributed by atoms with Gasteiger partial charge in [-0.3, -0.25) is 0 Å². The fourth-order valence-corrected chi connectivity index (χ4v) is 1.19. The van der Waals surface area contributed by atoms with Gasteiger partial charge in [-0.15, -0.1) is 0 Å². The summed E-state index contributed by atoms with van der Waals surface area (Å²) >= 11 is 0. The summed E-state index contributed by atoms with van der Waals surface area (Å²) in [6.07, 6.45) is 1.48. The van der Waals surface area contributed by atoms with Gasteiger partial charge in [-0.1, -0.05) is 12.1 Å². The zero-order valence-electron chi connectivity index (χ0n) is 8.99. The largest absolute Gasteiger partial charge is 0.463 e. The molecular formula is C12H15NO2. The average Bonchev–Trinajstić information content (AvgIpc) is 2.18.